The molecule has 2 amide bonds. The van der Waals surface area contributed by atoms with E-state index in [9.17, 15) is 9.59 Å². The van der Waals surface area contributed by atoms with Crippen molar-refractivity contribution in [3.8, 4) is 0 Å². The minimum absolute atomic E-state index is 0.293. The van der Waals surface area contributed by atoms with Gasteiger partial charge in [-0.15, -0.1) is 0 Å². The number of amides is 2. The summed E-state index contributed by atoms with van der Waals surface area (Å²) in [5, 5.41) is 5.61. The molecule has 0 spiro atoms. The lowest BCUT2D eigenvalue weighted by Crippen LogP contribution is -2.39. The van der Waals surface area contributed by atoms with Crippen LogP contribution in [0.5, 0.6) is 0 Å². The summed E-state index contributed by atoms with van der Waals surface area (Å²) in [5.74, 6) is 0.646. The lowest BCUT2D eigenvalue weighted by Gasteiger charge is -2.20. The van der Waals surface area contributed by atoms with Gasteiger partial charge in [0.1, 0.15) is 5.84 Å². The molecule has 0 saturated heterocycles. The first kappa shape index (κ1) is 20.3. The summed E-state index contributed by atoms with van der Waals surface area (Å²) in [6.45, 7) is 4.90. The highest BCUT2D eigenvalue weighted by Crippen LogP contribution is 2.11. The number of carbonyl (C=O) groups excluding carboxylic acids is 2. The zero-order valence-corrected chi connectivity index (χ0v) is 16.4. The fourth-order valence-corrected chi connectivity index (χ4v) is 3.01. The number of pyridine rings is 1. The number of urea groups is 1. The van der Waals surface area contributed by atoms with Gasteiger partial charge < -0.3 is 20.3 Å². The summed E-state index contributed by atoms with van der Waals surface area (Å²) in [6.07, 6.45) is 4.34. The number of nitrogens with zero attached hydrogens (tertiary/aromatic N) is 3. The van der Waals surface area contributed by atoms with E-state index in [1.54, 1.807) is 37.4 Å². The average molecular weight is 395 g/mol. The minimum Gasteiger partial charge on any atom is -0.462 e. The molecule has 0 unspecified atom stereocenters. The predicted octanol–water partition coefficient (Wildman–Crippen LogP) is 2.34. The second-order valence-electron chi connectivity index (χ2n) is 6.50. The number of carbonyl (C=O) groups is 2. The van der Waals surface area contributed by atoms with Gasteiger partial charge in [0.05, 0.1) is 18.7 Å². The average Bonchev–Trinajstić information content (AvgIpc) is 3.16. The highest BCUT2D eigenvalue weighted by Gasteiger charge is 2.17. The van der Waals surface area contributed by atoms with Crippen LogP contribution in [0.4, 0.5) is 10.5 Å². The number of rotatable bonds is 8. The summed E-state index contributed by atoms with van der Waals surface area (Å²) >= 11 is 0. The molecule has 1 aromatic carbocycles. The second kappa shape index (κ2) is 10.2. The molecular formula is C21H25N5O3. The van der Waals surface area contributed by atoms with E-state index in [4.69, 9.17) is 4.74 Å². The van der Waals surface area contributed by atoms with E-state index < -0.39 is 0 Å². The van der Waals surface area contributed by atoms with Crippen LogP contribution in [0, 0.1) is 0 Å². The Labute approximate surface area is 170 Å². The number of aliphatic imine (C=N–C) groups is 1. The third kappa shape index (κ3) is 6.03. The van der Waals surface area contributed by atoms with E-state index in [1.807, 2.05) is 18.3 Å². The van der Waals surface area contributed by atoms with Crippen LogP contribution in [-0.4, -0.2) is 60.5 Å². The number of hydrogen-bond acceptors (Lipinski definition) is 6. The van der Waals surface area contributed by atoms with E-state index in [-0.39, 0.29) is 12.0 Å². The zero-order chi connectivity index (χ0) is 20.5. The Morgan fingerprint density at radius 3 is 2.76 bits per heavy atom. The molecule has 2 heterocycles. The molecule has 2 aromatic rings. The fraction of sp³-hybridized carbons (Fsp3) is 0.333. The normalized spacial score (nSPS) is 13.0. The maximum Gasteiger partial charge on any atom is 0.338 e. The number of ether oxygens (including phenoxy) is 1. The zero-order valence-electron chi connectivity index (χ0n) is 16.4. The summed E-state index contributed by atoms with van der Waals surface area (Å²) < 4.78 is 4.94. The van der Waals surface area contributed by atoms with Gasteiger partial charge in [-0.05, 0) is 42.8 Å². The van der Waals surface area contributed by atoms with E-state index in [1.165, 1.54) is 0 Å². The molecule has 0 saturated carbocycles. The van der Waals surface area contributed by atoms with Crippen molar-refractivity contribution in [1.29, 1.82) is 0 Å². The van der Waals surface area contributed by atoms with E-state index in [0.717, 1.165) is 30.9 Å². The summed E-state index contributed by atoms with van der Waals surface area (Å²) in [4.78, 5) is 34.6. The van der Waals surface area contributed by atoms with Crippen LogP contribution in [-0.2, 0) is 11.2 Å². The number of benzene rings is 1. The molecule has 0 fully saturated rings. The van der Waals surface area contributed by atoms with Crippen molar-refractivity contribution < 1.29 is 14.3 Å². The lowest BCUT2D eigenvalue weighted by molar-refractivity contribution is 0.0526. The SMILES string of the molecule is CCOC(=O)c1ccc(NC(=O)NCCN2CCN=C2Cc2cccnc2)cc1. The van der Waals surface area contributed by atoms with Gasteiger partial charge in [-0.3, -0.25) is 9.98 Å². The van der Waals surface area contributed by atoms with Crippen LogP contribution in [0.15, 0.2) is 53.8 Å². The number of aromatic nitrogens is 1. The van der Waals surface area contributed by atoms with Crippen LogP contribution in [0.2, 0.25) is 0 Å². The van der Waals surface area contributed by atoms with Gasteiger partial charge in [0, 0.05) is 44.1 Å². The third-order valence-electron chi connectivity index (χ3n) is 4.44. The summed E-state index contributed by atoms with van der Waals surface area (Å²) in [7, 11) is 0. The molecule has 1 aromatic heterocycles. The first-order chi connectivity index (χ1) is 14.2. The summed E-state index contributed by atoms with van der Waals surface area (Å²) in [5.41, 5.74) is 2.18. The monoisotopic (exact) mass is 395 g/mol. The molecule has 1 aliphatic heterocycles. The Balaban J connectivity index is 1.41. The minimum atomic E-state index is -0.377. The molecule has 0 bridgehead atoms. The van der Waals surface area contributed by atoms with Crippen LogP contribution >= 0.6 is 0 Å². The van der Waals surface area contributed by atoms with Crippen LogP contribution < -0.4 is 10.6 Å². The largest absolute Gasteiger partial charge is 0.462 e. The van der Waals surface area contributed by atoms with E-state index >= 15 is 0 Å². The molecular weight excluding hydrogens is 370 g/mol. The van der Waals surface area contributed by atoms with Gasteiger partial charge in [0.2, 0.25) is 0 Å². The maximum atomic E-state index is 12.1. The van der Waals surface area contributed by atoms with Crippen molar-refractivity contribution in [3.63, 3.8) is 0 Å². The smallest absolute Gasteiger partial charge is 0.338 e. The Bertz CT molecular complexity index is 852. The predicted molar refractivity (Wildman–Crippen MR) is 111 cm³/mol. The van der Waals surface area contributed by atoms with Crippen LogP contribution in [0.25, 0.3) is 0 Å². The van der Waals surface area contributed by atoms with E-state index in [2.05, 4.69) is 25.5 Å². The topological polar surface area (TPSA) is 95.9 Å². The summed E-state index contributed by atoms with van der Waals surface area (Å²) in [6, 6.07) is 10.2. The molecule has 29 heavy (non-hydrogen) atoms. The van der Waals surface area contributed by atoms with E-state index in [0.29, 0.717) is 30.9 Å². The number of hydrogen-bond donors (Lipinski definition) is 2. The molecule has 152 valence electrons. The van der Waals surface area contributed by atoms with Crippen molar-refractivity contribution in [3.05, 3.63) is 59.9 Å². The Morgan fingerprint density at radius 1 is 1.21 bits per heavy atom. The van der Waals surface area contributed by atoms with Gasteiger partial charge in [-0.1, -0.05) is 6.07 Å². The molecule has 3 rings (SSSR count). The second-order valence-corrected chi connectivity index (χ2v) is 6.50. The van der Waals surface area contributed by atoms with Gasteiger partial charge in [-0.25, -0.2) is 9.59 Å². The Kier molecular flexibility index (Phi) is 7.16. The quantitative estimate of drug-likeness (QED) is 0.669. The molecule has 8 nitrogen and oxygen atoms in total. The molecule has 0 radical (unpaired) electrons. The van der Waals surface area contributed by atoms with Gasteiger partial charge in [-0.2, -0.15) is 0 Å². The Morgan fingerprint density at radius 2 is 2.03 bits per heavy atom. The van der Waals surface area contributed by atoms with Gasteiger partial charge in [0.25, 0.3) is 0 Å². The highest BCUT2D eigenvalue weighted by molar-refractivity contribution is 5.92. The van der Waals surface area contributed by atoms with Crippen molar-refractivity contribution in [2.75, 3.05) is 38.1 Å². The first-order valence-corrected chi connectivity index (χ1v) is 9.65. The lowest BCUT2D eigenvalue weighted by atomic mass is 10.2. The van der Waals surface area contributed by atoms with Gasteiger partial charge >= 0.3 is 12.0 Å². The van der Waals surface area contributed by atoms with Crippen LogP contribution in [0.3, 0.4) is 0 Å². The number of esters is 1. The van der Waals surface area contributed by atoms with Crippen molar-refractivity contribution >= 4 is 23.5 Å². The van der Waals surface area contributed by atoms with Crippen molar-refractivity contribution in [1.82, 2.24) is 15.2 Å². The fourth-order valence-electron chi connectivity index (χ4n) is 3.01. The molecule has 1 aliphatic rings. The van der Waals surface area contributed by atoms with Crippen molar-refractivity contribution in [2.45, 2.75) is 13.3 Å². The maximum absolute atomic E-state index is 12.1. The molecule has 0 atom stereocenters. The number of nitrogens with one attached hydrogen (secondary N) is 2. The number of anilines is 1. The standard InChI is InChI=1S/C21H25N5O3/c1-2-29-20(27)17-5-7-18(8-6-17)25-21(28)24-11-13-26-12-10-23-19(26)14-16-4-3-9-22-15-16/h3-9,15H,2,10-14H2,1H3,(H2,24,25,28). The number of amidine groups is 1. The van der Waals surface area contributed by atoms with Crippen molar-refractivity contribution in [2.24, 2.45) is 4.99 Å². The van der Waals surface area contributed by atoms with Crippen LogP contribution in [0.1, 0.15) is 22.8 Å². The molecule has 2 N–H and O–H groups in total. The first-order valence-electron chi connectivity index (χ1n) is 9.65. The molecule has 0 aliphatic carbocycles. The van der Waals surface area contributed by atoms with Gasteiger partial charge in [0.15, 0.2) is 0 Å². The Hall–Kier alpha value is -3.42. The third-order valence-corrected chi connectivity index (χ3v) is 4.44. The highest BCUT2D eigenvalue weighted by atomic mass is 16.5. The molecule has 8 heteroatoms.